The summed E-state index contributed by atoms with van der Waals surface area (Å²) < 4.78 is 0. The Morgan fingerprint density at radius 1 is 0.900 bits per heavy atom. The van der Waals surface area contributed by atoms with Crippen LogP contribution in [-0.2, 0) is 0 Å². The van der Waals surface area contributed by atoms with Crippen LogP contribution in [-0.4, -0.2) is 6.54 Å². The third-order valence-corrected chi connectivity index (χ3v) is 2.60. The highest BCUT2D eigenvalue weighted by Crippen LogP contribution is 2.27. The topological polar surface area (TPSA) is 12.0 Å². The summed E-state index contributed by atoms with van der Waals surface area (Å²) in [6.45, 7) is 1.21. The van der Waals surface area contributed by atoms with Crippen molar-refractivity contribution in [3.8, 4) is 0 Å². The van der Waals surface area contributed by atoms with Gasteiger partial charge in [0.25, 0.3) is 0 Å². The van der Waals surface area contributed by atoms with E-state index in [4.69, 9.17) is 0 Å². The van der Waals surface area contributed by atoms with E-state index < -0.39 is 0 Å². The third-order valence-electron chi connectivity index (χ3n) is 2.60. The van der Waals surface area contributed by atoms with Crippen molar-refractivity contribution in [3.63, 3.8) is 0 Å². The Morgan fingerprint density at radius 2 is 1.80 bits per heavy atom. The SMILES string of the molecule is C1CCC2=C(CC1)NCC2. The van der Waals surface area contributed by atoms with E-state index in [1.807, 2.05) is 0 Å². The van der Waals surface area contributed by atoms with E-state index in [9.17, 15) is 0 Å². The van der Waals surface area contributed by atoms with Crippen LogP contribution in [0.1, 0.15) is 38.5 Å². The first-order valence-electron chi connectivity index (χ1n) is 4.41. The molecule has 1 N–H and O–H groups in total. The molecule has 0 amide bonds. The van der Waals surface area contributed by atoms with Crippen molar-refractivity contribution >= 4 is 0 Å². The Morgan fingerprint density at radius 3 is 2.80 bits per heavy atom. The van der Waals surface area contributed by atoms with E-state index in [0.717, 1.165) is 0 Å². The first-order valence-corrected chi connectivity index (χ1v) is 4.41. The minimum absolute atomic E-state index is 1.21. The van der Waals surface area contributed by atoms with E-state index in [1.165, 1.54) is 45.1 Å². The van der Waals surface area contributed by atoms with Crippen LogP contribution in [0.25, 0.3) is 0 Å². The van der Waals surface area contributed by atoms with E-state index in [2.05, 4.69) is 5.32 Å². The Balaban J connectivity index is 2.10. The average Bonchev–Trinajstić information content (AvgIpc) is 2.28. The molecule has 2 aliphatic rings. The molecule has 0 saturated carbocycles. The average molecular weight is 137 g/mol. The van der Waals surface area contributed by atoms with Crippen LogP contribution in [0.4, 0.5) is 0 Å². The Hall–Kier alpha value is -0.460. The summed E-state index contributed by atoms with van der Waals surface area (Å²) in [7, 11) is 0. The molecule has 1 nitrogen and oxygen atoms in total. The van der Waals surface area contributed by atoms with Crippen molar-refractivity contribution in [2.45, 2.75) is 38.5 Å². The van der Waals surface area contributed by atoms with Crippen LogP contribution in [0, 0.1) is 0 Å². The number of allylic oxidation sites excluding steroid dienone is 1. The zero-order valence-electron chi connectivity index (χ0n) is 6.45. The molecule has 0 atom stereocenters. The Bertz CT molecular complexity index is 142. The van der Waals surface area contributed by atoms with Crippen LogP contribution in [0.5, 0.6) is 0 Å². The lowest BCUT2D eigenvalue weighted by Crippen LogP contribution is -2.06. The second kappa shape index (κ2) is 2.65. The number of hydrogen-bond donors (Lipinski definition) is 1. The molecule has 56 valence electrons. The predicted octanol–water partition coefficient (Wildman–Crippen LogP) is 2.20. The molecule has 1 heteroatoms. The van der Waals surface area contributed by atoms with Crippen molar-refractivity contribution in [1.29, 1.82) is 0 Å². The minimum Gasteiger partial charge on any atom is -0.388 e. The molecular formula is C9H15N. The van der Waals surface area contributed by atoms with Crippen LogP contribution < -0.4 is 5.32 Å². The fraction of sp³-hybridized carbons (Fsp3) is 0.778. The molecule has 0 unspecified atom stereocenters. The summed E-state index contributed by atoms with van der Waals surface area (Å²) in [4.78, 5) is 0. The van der Waals surface area contributed by atoms with Gasteiger partial charge < -0.3 is 5.32 Å². The molecule has 10 heavy (non-hydrogen) atoms. The molecule has 0 bridgehead atoms. The monoisotopic (exact) mass is 137 g/mol. The molecule has 2 rings (SSSR count). The summed E-state index contributed by atoms with van der Waals surface area (Å²) in [6, 6.07) is 0. The van der Waals surface area contributed by atoms with Crippen LogP contribution in [0.3, 0.4) is 0 Å². The predicted molar refractivity (Wildman–Crippen MR) is 42.7 cm³/mol. The molecule has 0 spiro atoms. The lowest BCUT2D eigenvalue weighted by atomic mass is 10.1. The molecule has 1 aliphatic carbocycles. The van der Waals surface area contributed by atoms with Crippen molar-refractivity contribution in [2.75, 3.05) is 6.54 Å². The lowest BCUT2D eigenvalue weighted by Gasteiger charge is -2.00. The van der Waals surface area contributed by atoms with E-state index in [-0.39, 0.29) is 0 Å². The van der Waals surface area contributed by atoms with Crippen molar-refractivity contribution < 1.29 is 0 Å². The van der Waals surface area contributed by atoms with Gasteiger partial charge in [0.15, 0.2) is 0 Å². The van der Waals surface area contributed by atoms with Crippen LogP contribution in [0.15, 0.2) is 11.3 Å². The summed E-state index contributed by atoms with van der Waals surface area (Å²) in [5, 5.41) is 3.48. The van der Waals surface area contributed by atoms with Gasteiger partial charge in [0, 0.05) is 12.2 Å². The van der Waals surface area contributed by atoms with Crippen LogP contribution >= 0.6 is 0 Å². The van der Waals surface area contributed by atoms with Crippen LogP contribution in [0.2, 0.25) is 0 Å². The fourth-order valence-corrected chi connectivity index (χ4v) is 2.00. The first-order chi connectivity index (χ1) is 4.97. The molecule has 0 radical (unpaired) electrons. The van der Waals surface area contributed by atoms with Gasteiger partial charge in [-0.3, -0.25) is 0 Å². The molecule has 1 aliphatic heterocycles. The highest BCUT2D eigenvalue weighted by atomic mass is 14.9. The lowest BCUT2D eigenvalue weighted by molar-refractivity contribution is 0.672. The first kappa shape index (κ1) is 6.26. The second-order valence-electron chi connectivity index (χ2n) is 3.32. The molecular weight excluding hydrogens is 122 g/mol. The molecule has 0 aromatic carbocycles. The van der Waals surface area contributed by atoms with E-state index >= 15 is 0 Å². The van der Waals surface area contributed by atoms with E-state index in [1.54, 1.807) is 11.3 Å². The second-order valence-corrected chi connectivity index (χ2v) is 3.32. The van der Waals surface area contributed by atoms with Gasteiger partial charge in [-0.2, -0.15) is 0 Å². The quantitative estimate of drug-likeness (QED) is 0.539. The Labute approximate surface area is 62.5 Å². The zero-order valence-corrected chi connectivity index (χ0v) is 6.45. The summed E-state index contributed by atoms with van der Waals surface area (Å²) in [5.41, 5.74) is 3.33. The van der Waals surface area contributed by atoms with Gasteiger partial charge in [0.05, 0.1) is 0 Å². The fourth-order valence-electron chi connectivity index (χ4n) is 2.00. The smallest absolute Gasteiger partial charge is 0.0181 e. The molecule has 0 fully saturated rings. The van der Waals surface area contributed by atoms with Crippen molar-refractivity contribution in [2.24, 2.45) is 0 Å². The van der Waals surface area contributed by atoms with Crippen molar-refractivity contribution in [1.82, 2.24) is 5.32 Å². The number of nitrogens with one attached hydrogen (secondary N) is 1. The molecule has 0 saturated heterocycles. The normalized spacial score (nSPS) is 25.6. The van der Waals surface area contributed by atoms with Gasteiger partial charge >= 0.3 is 0 Å². The van der Waals surface area contributed by atoms with Gasteiger partial charge in [-0.15, -0.1) is 0 Å². The largest absolute Gasteiger partial charge is 0.388 e. The highest BCUT2D eigenvalue weighted by molar-refractivity contribution is 5.19. The van der Waals surface area contributed by atoms with Crippen molar-refractivity contribution in [3.05, 3.63) is 11.3 Å². The molecule has 0 aromatic heterocycles. The third kappa shape index (κ3) is 1.05. The number of hydrogen-bond acceptors (Lipinski definition) is 1. The highest BCUT2D eigenvalue weighted by Gasteiger charge is 2.14. The number of rotatable bonds is 0. The standard InChI is InChI=1S/C9H15N/c1-2-4-8-6-7-10-9(8)5-3-1/h10H,1-7H2. The summed E-state index contributed by atoms with van der Waals surface area (Å²) in [6.07, 6.45) is 8.31. The zero-order chi connectivity index (χ0) is 6.81. The van der Waals surface area contributed by atoms with Gasteiger partial charge in [0.2, 0.25) is 0 Å². The van der Waals surface area contributed by atoms with Gasteiger partial charge in [-0.25, -0.2) is 0 Å². The maximum atomic E-state index is 3.48. The maximum absolute atomic E-state index is 3.48. The minimum atomic E-state index is 1.21. The molecule has 0 aromatic rings. The van der Waals surface area contributed by atoms with Gasteiger partial charge in [-0.05, 0) is 37.7 Å². The van der Waals surface area contributed by atoms with Gasteiger partial charge in [0.1, 0.15) is 0 Å². The summed E-state index contributed by atoms with van der Waals surface area (Å²) in [5.74, 6) is 0. The molecule has 1 heterocycles. The Kier molecular flexibility index (Phi) is 1.66. The maximum Gasteiger partial charge on any atom is 0.0181 e. The van der Waals surface area contributed by atoms with Gasteiger partial charge in [-0.1, -0.05) is 6.42 Å². The van der Waals surface area contributed by atoms with E-state index in [0.29, 0.717) is 0 Å². The summed E-state index contributed by atoms with van der Waals surface area (Å²) >= 11 is 0.